The van der Waals surface area contributed by atoms with Crippen molar-refractivity contribution in [1.29, 1.82) is 0 Å². The molecule has 0 aliphatic heterocycles. The van der Waals surface area contributed by atoms with Gasteiger partial charge in [0.05, 0.1) is 11.0 Å². The van der Waals surface area contributed by atoms with Gasteiger partial charge in [0.15, 0.2) is 0 Å². The van der Waals surface area contributed by atoms with E-state index in [0.717, 1.165) is 21.8 Å². The second-order valence-corrected chi connectivity index (χ2v) is 9.52. The zero-order valence-electron chi connectivity index (χ0n) is 19.5. The first kappa shape index (κ1) is 21.0. The molecule has 7 aromatic rings. The molecule has 6 aromatic carbocycles. The number of halogens is 1. The van der Waals surface area contributed by atoms with E-state index >= 15 is 0 Å². The molecular weight excluding hydrogens is 458 g/mol. The number of hydrogen-bond donors (Lipinski definition) is 0. The van der Waals surface area contributed by atoms with Crippen molar-refractivity contribution in [1.82, 2.24) is 4.57 Å². The number of nitrogens with zero attached hydrogens (tertiary/aromatic N) is 1. The average molecular weight is 480 g/mol. The molecule has 0 unspecified atom stereocenters. The summed E-state index contributed by atoms with van der Waals surface area (Å²) in [4.78, 5) is 0. The van der Waals surface area contributed by atoms with E-state index in [9.17, 15) is 0 Å². The zero-order valence-corrected chi connectivity index (χ0v) is 20.3. The van der Waals surface area contributed by atoms with Crippen LogP contribution in [-0.4, -0.2) is 4.57 Å². The standard InChI is InChI=1S/C34H22ClN/c35-30-15-6-4-12-27(30)24-17-20-26(21-18-24)36-31-16-7-5-13-29(31)34-32(36)22-19-25-11-8-14-28(33(25)34)23-9-2-1-3-10-23/h1-22H. The summed E-state index contributed by atoms with van der Waals surface area (Å²) in [5, 5.41) is 5.86. The molecule has 0 fully saturated rings. The van der Waals surface area contributed by atoms with Crippen LogP contribution in [0.4, 0.5) is 0 Å². The fraction of sp³-hybridized carbons (Fsp3) is 0. The van der Waals surface area contributed by atoms with E-state index in [0.29, 0.717) is 0 Å². The normalized spacial score (nSPS) is 11.5. The summed E-state index contributed by atoms with van der Waals surface area (Å²) in [5.74, 6) is 0. The highest BCUT2D eigenvalue weighted by atomic mass is 35.5. The van der Waals surface area contributed by atoms with Crippen molar-refractivity contribution < 1.29 is 0 Å². The van der Waals surface area contributed by atoms with Gasteiger partial charge in [0.2, 0.25) is 0 Å². The number of para-hydroxylation sites is 1. The lowest BCUT2D eigenvalue weighted by Crippen LogP contribution is -1.94. The molecule has 2 heteroatoms. The van der Waals surface area contributed by atoms with E-state index in [1.165, 1.54) is 43.7 Å². The molecule has 0 aliphatic rings. The van der Waals surface area contributed by atoms with Gasteiger partial charge in [0.1, 0.15) is 0 Å². The Morgan fingerprint density at radius 3 is 1.97 bits per heavy atom. The molecule has 170 valence electrons. The van der Waals surface area contributed by atoms with Crippen LogP contribution in [0.1, 0.15) is 0 Å². The maximum absolute atomic E-state index is 6.47. The Balaban J connectivity index is 1.52. The Kier molecular flexibility index (Phi) is 4.90. The third kappa shape index (κ3) is 3.25. The van der Waals surface area contributed by atoms with Crippen LogP contribution in [0.15, 0.2) is 133 Å². The van der Waals surface area contributed by atoms with Crippen LogP contribution in [-0.2, 0) is 0 Å². The summed E-state index contributed by atoms with van der Waals surface area (Å²) in [5.41, 5.74) is 8.19. The third-order valence-electron chi connectivity index (χ3n) is 7.07. The van der Waals surface area contributed by atoms with Crippen LogP contribution < -0.4 is 0 Å². The first-order chi connectivity index (χ1) is 17.8. The number of hydrogen-bond acceptors (Lipinski definition) is 0. The summed E-state index contributed by atoms with van der Waals surface area (Å²) in [7, 11) is 0. The fourth-order valence-electron chi connectivity index (χ4n) is 5.46. The molecule has 0 bridgehead atoms. The predicted octanol–water partition coefficient (Wildman–Crippen LogP) is 9.92. The van der Waals surface area contributed by atoms with Gasteiger partial charge in [0.25, 0.3) is 0 Å². The van der Waals surface area contributed by atoms with E-state index in [-0.39, 0.29) is 0 Å². The molecule has 1 heterocycles. The summed E-state index contributed by atoms with van der Waals surface area (Å²) < 4.78 is 2.38. The average Bonchev–Trinajstić information content (AvgIpc) is 3.28. The smallest absolute Gasteiger partial charge is 0.0547 e. The highest BCUT2D eigenvalue weighted by molar-refractivity contribution is 6.33. The van der Waals surface area contributed by atoms with Crippen molar-refractivity contribution in [2.45, 2.75) is 0 Å². The van der Waals surface area contributed by atoms with Crippen LogP contribution in [0.3, 0.4) is 0 Å². The lowest BCUT2D eigenvalue weighted by Gasteiger charge is -2.12. The fourth-order valence-corrected chi connectivity index (χ4v) is 5.70. The van der Waals surface area contributed by atoms with Gasteiger partial charge in [-0.25, -0.2) is 0 Å². The Labute approximate surface area is 214 Å². The summed E-state index contributed by atoms with van der Waals surface area (Å²) in [6, 6.07) is 47.2. The summed E-state index contributed by atoms with van der Waals surface area (Å²) in [6.45, 7) is 0. The van der Waals surface area contributed by atoms with E-state index in [4.69, 9.17) is 11.6 Å². The topological polar surface area (TPSA) is 4.93 Å². The van der Waals surface area contributed by atoms with Crippen molar-refractivity contribution in [3.63, 3.8) is 0 Å². The summed E-state index contributed by atoms with van der Waals surface area (Å²) >= 11 is 6.47. The van der Waals surface area contributed by atoms with Gasteiger partial charge in [-0.05, 0) is 57.8 Å². The van der Waals surface area contributed by atoms with Gasteiger partial charge in [-0.2, -0.15) is 0 Å². The molecule has 0 atom stereocenters. The maximum atomic E-state index is 6.47. The van der Waals surface area contributed by atoms with Crippen molar-refractivity contribution in [3.05, 3.63) is 138 Å². The molecule has 0 radical (unpaired) electrons. The van der Waals surface area contributed by atoms with Gasteiger partial charge in [-0.15, -0.1) is 0 Å². The molecule has 7 rings (SSSR count). The SMILES string of the molecule is Clc1ccccc1-c1ccc(-n2c3ccccc3c3c4c(-c5ccccc5)cccc4ccc32)cc1. The third-order valence-corrected chi connectivity index (χ3v) is 7.40. The van der Waals surface area contributed by atoms with Gasteiger partial charge in [-0.1, -0.05) is 115 Å². The lowest BCUT2D eigenvalue weighted by molar-refractivity contribution is 1.18. The van der Waals surface area contributed by atoms with E-state index in [2.05, 4.69) is 120 Å². The van der Waals surface area contributed by atoms with Gasteiger partial charge in [-0.3, -0.25) is 0 Å². The van der Waals surface area contributed by atoms with Gasteiger partial charge >= 0.3 is 0 Å². The predicted molar refractivity (Wildman–Crippen MR) is 154 cm³/mol. The molecule has 0 amide bonds. The van der Waals surface area contributed by atoms with Crippen molar-refractivity contribution in [2.24, 2.45) is 0 Å². The summed E-state index contributed by atoms with van der Waals surface area (Å²) in [6.07, 6.45) is 0. The minimum atomic E-state index is 0.766. The molecular formula is C34H22ClN. The Bertz CT molecular complexity index is 1880. The molecule has 0 saturated carbocycles. The first-order valence-electron chi connectivity index (χ1n) is 12.2. The molecule has 0 spiro atoms. The van der Waals surface area contributed by atoms with E-state index in [1.54, 1.807) is 0 Å². The second-order valence-electron chi connectivity index (χ2n) is 9.11. The number of fused-ring (bicyclic) bond motifs is 5. The number of aromatic nitrogens is 1. The van der Waals surface area contributed by atoms with Crippen LogP contribution in [0, 0.1) is 0 Å². The zero-order chi connectivity index (χ0) is 24.1. The lowest BCUT2D eigenvalue weighted by atomic mass is 9.94. The molecule has 1 aromatic heterocycles. The molecule has 1 nitrogen and oxygen atoms in total. The highest BCUT2D eigenvalue weighted by Crippen LogP contribution is 2.41. The van der Waals surface area contributed by atoms with Crippen LogP contribution >= 0.6 is 11.6 Å². The van der Waals surface area contributed by atoms with Crippen LogP contribution in [0.25, 0.3) is 60.5 Å². The highest BCUT2D eigenvalue weighted by Gasteiger charge is 2.17. The monoisotopic (exact) mass is 479 g/mol. The van der Waals surface area contributed by atoms with Crippen LogP contribution in [0.2, 0.25) is 5.02 Å². The first-order valence-corrected chi connectivity index (χ1v) is 12.5. The Morgan fingerprint density at radius 1 is 0.444 bits per heavy atom. The van der Waals surface area contributed by atoms with Crippen molar-refractivity contribution >= 4 is 44.2 Å². The molecule has 0 aliphatic carbocycles. The Morgan fingerprint density at radius 2 is 1.14 bits per heavy atom. The van der Waals surface area contributed by atoms with Gasteiger partial charge in [0, 0.05) is 27.0 Å². The molecule has 0 N–H and O–H groups in total. The van der Waals surface area contributed by atoms with Gasteiger partial charge < -0.3 is 4.57 Å². The van der Waals surface area contributed by atoms with Crippen LogP contribution in [0.5, 0.6) is 0 Å². The van der Waals surface area contributed by atoms with E-state index < -0.39 is 0 Å². The number of rotatable bonds is 3. The Hall–Kier alpha value is -4.33. The minimum absolute atomic E-state index is 0.766. The van der Waals surface area contributed by atoms with Crippen molar-refractivity contribution in [2.75, 3.05) is 0 Å². The molecule has 36 heavy (non-hydrogen) atoms. The maximum Gasteiger partial charge on any atom is 0.0547 e. The quantitative estimate of drug-likeness (QED) is 0.237. The largest absolute Gasteiger partial charge is 0.309 e. The molecule has 0 saturated heterocycles. The second kappa shape index (κ2) is 8.41. The number of benzene rings is 6. The minimum Gasteiger partial charge on any atom is -0.309 e. The van der Waals surface area contributed by atoms with E-state index in [1.807, 2.05) is 18.2 Å². The van der Waals surface area contributed by atoms with Crippen molar-refractivity contribution in [3.8, 4) is 27.9 Å².